The quantitative estimate of drug-likeness (QED) is 0.661. The molecule has 0 spiro atoms. The molecule has 2 N–H and O–H groups in total. The first-order chi connectivity index (χ1) is 9.32. The lowest BCUT2D eigenvalue weighted by Gasteiger charge is -2.11. The highest BCUT2D eigenvalue weighted by Gasteiger charge is 2.29. The van der Waals surface area contributed by atoms with E-state index in [-0.39, 0.29) is 18.3 Å². The first-order valence-corrected chi connectivity index (χ1v) is 6.11. The molecule has 0 saturated heterocycles. The van der Waals surface area contributed by atoms with E-state index in [0.29, 0.717) is 5.69 Å². The van der Waals surface area contributed by atoms with Crippen molar-refractivity contribution in [3.8, 4) is 0 Å². The SMILES string of the molecule is CCOC(=O)CNC(=S)Nc1ccc(C(F)(F)F)cc1. The fourth-order valence-corrected chi connectivity index (χ4v) is 1.47. The summed E-state index contributed by atoms with van der Waals surface area (Å²) in [5.74, 6) is -0.468. The van der Waals surface area contributed by atoms with Crippen LogP contribution in [-0.2, 0) is 15.7 Å². The molecule has 0 amide bonds. The minimum absolute atomic E-state index is 0.111. The van der Waals surface area contributed by atoms with E-state index >= 15 is 0 Å². The molecular weight excluding hydrogens is 293 g/mol. The summed E-state index contributed by atoms with van der Waals surface area (Å²) in [5.41, 5.74) is -0.354. The highest BCUT2D eigenvalue weighted by molar-refractivity contribution is 7.80. The van der Waals surface area contributed by atoms with E-state index in [2.05, 4.69) is 15.4 Å². The summed E-state index contributed by atoms with van der Waals surface area (Å²) in [6, 6.07) is 4.38. The second kappa shape index (κ2) is 7.09. The average molecular weight is 306 g/mol. The van der Waals surface area contributed by atoms with Gasteiger partial charge in [0.05, 0.1) is 12.2 Å². The summed E-state index contributed by atoms with van der Waals surface area (Å²) in [6.45, 7) is 1.83. The van der Waals surface area contributed by atoms with Crippen molar-refractivity contribution in [2.24, 2.45) is 0 Å². The molecule has 4 nitrogen and oxygen atoms in total. The first-order valence-electron chi connectivity index (χ1n) is 5.70. The summed E-state index contributed by atoms with van der Waals surface area (Å²) in [7, 11) is 0. The summed E-state index contributed by atoms with van der Waals surface area (Å²) in [5, 5.41) is 5.37. The zero-order valence-corrected chi connectivity index (χ0v) is 11.4. The summed E-state index contributed by atoms with van der Waals surface area (Å²) in [6.07, 6.45) is -4.37. The van der Waals surface area contributed by atoms with Crippen LogP contribution in [-0.4, -0.2) is 24.2 Å². The van der Waals surface area contributed by atoms with Gasteiger partial charge >= 0.3 is 12.1 Å². The molecule has 1 rings (SSSR count). The third-order valence-electron chi connectivity index (χ3n) is 2.17. The molecule has 0 atom stereocenters. The van der Waals surface area contributed by atoms with Crippen molar-refractivity contribution < 1.29 is 22.7 Å². The van der Waals surface area contributed by atoms with Gasteiger partial charge in [-0.25, -0.2) is 0 Å². The van der Waals surface area contributed by atoms with Crippen molar-refractivity contribution >= 4 is 29.0 Å². The van der Waals surface area contributed by atoms with Crippen molar-refractivity contribution in [3.05, 3.63) is 29.8 Å². The smallest absolute Gasteiger partial charge is 0.416 e. The lowest BCUT2D eigenvalue weighted by Crippen LogP contribution is -2.33. The number of esters is 1. The van der Waals surface area contributed by atoms with Crippen LogP contribution in [0.3, 0.4) is 0 Å². The highest BCUT2D eigenvalue weighted by atomic mass is 32.1. The number of benzene rings is 1. The Morgan fingerprint density at radius 2 is 1.90 bits per heavy atom. The molecule has 0 unspecified atom stereocenters. The molecule has 110 valence electrons. The first kappa shape index (κ1) is 16.2. The van der Waals surface area contributed by atoms with Gasteiger partial charge in [-0.15, -0.1) is 0 Å². The van der Waals surface area contributed by atoms with Crippen molar-refractivity contribution in [2.75, 3.05) is 18.5 Å². The minimum atomic E-state index is -4.37. The third kappa shape index (κ3) is 5.43. The van der Waals surface area contributed by atoms with Crippen LogP contribution < -0.4 is 10.6 Å². The van der Waals surface area contributed by atoms with Crippen molar-refractivity contribution in [2.45, 2.75) is 13.1 Å². The van der Waals surface area contributed by atoms with Crippen LogP contribution in [0.2, 0.25) is 0 Å². The largest absolute Gasteiger partial charge is 0.465 e. The Hall–Kier alpha value is -1.83. The Morgan fingerprint density at radius 1 is 1.30 bits per heavy atom. The minimum Gasteiger partial charge on any atom is -0.465 e. The van der Waals surface area contributed by atoms with Crippen LogP contribution in [0.5, 0.6) is 0 Å². The number of alkyl halides is 3. The molecule has 0 aliphatic rings. The fraction of sp³-hybridized carbons (Fsp3) is 0.333. The molecule has 0 aliphatic carbocycles. The molecule has 8 heteroatoms. The van der Waals surface area contributed by atoms with Gasteiger partial charge in [0.1, 0.15) is 6.54 Å². The summed E-state index contributed by atoms with van der Waals surface area (Å²) in [4.78, 5) is 11.1. The van der Waals surface area contributed by atoms with Gasteiger partial charge in [-0.3, -0.25) is 4.79 Å². The van der Waals surface area contributed by atoms with Gasteiger partial charge in [0.15, 0.2) is 5.11 Å². The number of ether oxygens (including phenoxy) is 1. The number of rotatable bonds is 4. The van der Waals surface area contributed by atoms with Gasteiger partial charge < -0.3 is 15.4 Å². The topological polar surface area (TPSA) is 50.4 Å². The van der Waals surface area contributed by atoms with E-state index in [0.717, 1.165) is 12.1 Å². The van der Waals surface area contributed by atoms with Crippen LogP contribution in [0.25, 0.3) is 0 Å². The molecule has 0 aromatic heterocycles. The monoisotopic (exact) mass is 306 g/mol. The normalized spacial score (nSPS) is 10.8. The van der Waals surface area contributed by atoms with E-state index in [4.69, 9.17) is 12.2 Å². The zero-order chi connectivity index (χ0) is 15.2. The average Bonchev–Trinajstić information content (AvgIpc) is 2.36. The number of carbonyl (C=O) groups excluding carboxylic acids is 1. The molecule has 1 aromatic carbocycles. The molecule has 0 aliphatic heterocycles. The van der Waals surface area contributed by atoms with Gasteiger partial charge in [-0.1, -0.05) is 0 Å². The highest BCUT2D eigenvalue weighted by Crippen LogP contribution is 2.29. The van der Waals surface area contributed by atoms with Crippen LogP contribution in [0.4, 0.5) is 18.9 Å². The van der Waals surface area contributed by atoms with Gasteiger partial charge in [-0.05, 0) is 43.4 Å². The van der Waals surface area contributed by atoms with Crippen LogP contribution >= 0.6 is 12.2 Å². The number of hydrogen-bond donors (Lipinski definition) is 2. The molecule has 0 radical (unpaired) electrons. The Labute approximate surface area is 119 Å². The van der Waals surface area contributed by atoms with Gasteiger partial charge in [-0.2, -0.15) is 13.2 Å². The van der Waals surface area contributed by atoms with Gasteiger partial charge in [0.25, 0.3) is 0 Å². The maximum Gasteiger partial charge on any atom is 0.416 e. The molecule has 20 heavy (non-hydrogen) atoms. The fourth-order valence-electron chi connectivity index (χ4n) is 1.28. The Balaban J connectivity index is 2.48. The zero-order valence-electron chi connectivity index (χ0n) is 10.6. The van der Waals surface area contributed by atoms with Crippen LogP contribution in [0.15, 0.2) is 24.3 Å². The molecule has 0 saturated carbocycles. The van der Waals surface area contributed by atoms with Gasteiger partial charge in [0, 0.05) is 5.69 Å². The summed E-state index contributed by atoms with van der Waals surface area (Å²) >= 11 is 4.89. The van der Waals surface area contributed by atoms with E-state index in [1.54, 1.807) is 6.92 Å². The maximum absolute atomic E-state index is 12.4. The number of thiocarbonyl (C=S) groups is 1. The maximum atomic E-state index is 12.4. The number of anilines is 1. The van der Waals surface area contributed by atoms with E-state index in [1.165, 1.54) is 12.1 Å². The van der Waals surface area contributed by atoms with Crippen molar-refractivity contribution in [3.63, 3.8) is 0 Å². The number of hydrogen-bond acceptors (Lipinski definition) is 3. The van der Waals surface area contributed by atoms with E-state index in [1.807, 2.05) is 0 Å². The Bertz CT molecular complexity index is 475. The number of carbonyl (C=O) groups is 1. The molecule has 0 heterocycles. The standard InChI is InChI=1S/C12H13F3N2O2S/c1-2-19-10(18)7-16-11(20)17-9-5-3-8(4-6-9)12(13,14)15/h3-6H,2,7H2,1H3,(H2,16,17,20). The van der Waals surface area contributed by atoms with E-state index in [9.17, 15) is 18.0 Å². The molecular formula is C12H13F3N2O2S. The predicted molar refractivity (Wildman–Crippen MR) is 72.3 cm³/mol. The number of nitrogens with one attached hydrogen (secondary N) is 2. The van der Waals surface area contributed by atoms with Crippen molar-refractivity contribution in [1.29, 1.82) is 0 Å². The van der Waals surface area contributed by atoms with E-state index < -0.39 is 17.7 Å². The second-order valence-corrected chi connectivity index (χ2v) is 4.10. The lowest BCUT2D eigenvalue weighted by atomic mass is 10.2. The number of halogens is 3. The molecule has 1 aromatic rings. The Morgan fingerprint density at radius 3 is 2.40 bits per heavy atom. The van der Waals surface area contributed by atoms with Crippen LogP contribution in [0, 0.1) is 0 Å². The van der Waals surface area contributed by atoms with Crippen LogP contribution in [0.1, 0.15) is 12.5 Å². The van der Waals surface area contributed by atoms with Gasteiger partial charge in [0.2, 0.25) is 0 Å². The lowest BCUT2D eigenvalue weighted by molar-refractivity contribution is -0.141. The second-order valence-electron chi connectivity index (χ2n) is 3.69. The predicted octanol–water partition coefficient (Wildman–Crippen LogP) is 2.55. The van der Waals surface area contributed by atoms with Crippen molar-refractivity contribution in [1.82, 2.24) is 5.32 Å². The Kier molecular flexibility index (Phi) is 5.75. The molecule has 0 fully saturated rings. The third-order valence-corrected chi connectivity index (χ3v) is 2.42. The summed E-state index contributed by atoms with van der Waals surface area (Å²) < 4.78 is 41.7. The molecule has 0 bridgehead atoms.